The Kier molecular flexibility index (Phi) is 5.21. The van der Waals surface area contributed by atoms with E-state index in [2.05, 4.69) is 4.98 Å². The van der Waals surface area contributed by atoms with Crippen molar-refractivity contribution in [2.75, 3.05) is 27.9 Å². The van der Waals surface area contributed by atoms with Gasteiger partial charge < -0.3 is 23.9 Å². The smallest absolute Gasteiger partial charge is 0.355 e. The number of carbonyl (C=O) groups is 1. The van der Waals surface area contributed by atoms with Crippen molar-refractivity contribution in [2.45, 2.75) is 6.92 Å². The normalized spacial score (nSPS) is 10.7. The second kappa shape index (κ2) is 7.57. The number of aromatic amines is 1. The van der Waals surface area contributed by atoms with E-state index in [1.807, 2.05) is 0 Å². The molecule has 0 aliphatic carbocycles. The van der Waals surface area contributed by atoms with Gasteiger partial charge in [-0.2, -0.15) is 0 Å². The van der Waals surface area contributed by atoms with Crippen LogP contribution in [-0.2, 0) is 4.74 Å². The molecule has 0 amide bonds. The van der Waals surface area contributed by atoms with E-state index in [9.17, 15) is 9.18 Å². The minimum absolute atomic E-state index is 0.121. The fraction of sp³-hybridized carbons (Fsp3) is 0.250. The van der Waals surface area contributed by atoms with Gasteiger partial charge in [-0.3, -0.25) is 0 Å². The minimum atomic E-state index is -0.530. The number of methoxy groups -OCH3 is 3. The van der Waals surface area contributed by atoms with Crippen LogP contribution in [0.15, 0.2) is 30.3 Å². The van der Waals surface area contributed by atoms with Gasteiger partial charge in [-0.25, -0.2) is 9.18 Å². The first-order valence-electron chi connectivity index (χ1n) is 8.32. The molecule has 3 aromatic rings. The number of hydrogen-bond donors (Lipinski definition) is 1. The molecule has 3 rings (SSSR count). The summed E-state index contributed by atoms with van der Waals surface area (Å²) in [5.74, 6) is 0.0665. The van der Waals surface area contributed by atoms with E-state index in [-0.39, 0.29) is 18.1 Å². The maximum atomic E-state index is 14.3. The first-order valence-corrected chi connectivity index (χ1v) is 8.32. The van der Waals surface area contributed by atoms with Crippen LogP contribution in [0.3, 0.4) is 0 Å². The van der Waals surface area contributed by atoms with Gasteiger partial charge >= 0.3 is 5.97 Å². The van der Waals surface area contributed by atoms with Gasteiger partial charge in [0.1, 0.15) is 5.69 Å². The second-order valence-corrected chi connectivity index (χ2v) is 5.70. The summed E-state index contributed by atoms with van der Waals surface area (Å²) in [7, 11) is 4.44. The third-order valence-electron chi connectivity index (χ3n) is 4.22. The van der Waals surface area contributed by atoms with E-state index in [0.29, 0.717) is 33.5 Å². The summed E-state index contributed by atoms with van der Waals surface area (Å²) >= 11 is 0. The zero-order valence-corrected chi connectivity index (χ0v) is 15.5. The Morgan fingerprint density at radius 1 is 1.00 bits per heavy atom. The number of benzene rings is 2. The Labute approximate surface area is 155 Å². The molecule has 0 spiro atoms. The molecule has 0 saturated heterocycles. The topological polar surface area (TPSA) is 69.8 Å². The van der Waals surface area contributed by atoms with Crippen LogP contribution < -0.4 is 14.2 Å². The Hall–Kier alpha value is -3.22. The van der Waals surface area contributed by atoms with Crippen molar-refractivity contribution in [3.05, 3.63) is 41.8 Å². The number of halogens is 1. The number of esters is 1. The summed E-state index contributed by atoms with van der Waals surface area (Å²) < 4.78 is 35.1. The molecule has 0 unspecified atom stereocenters. The van der Waals surface area contributed by atoms with Gasteiger partial charge in [0.25, 0.3) is 0 Å². The molecule has 0 atom stereocenters. The average Bonchev–Trinajstić information content (AvgIpc) is 3.05. The van der Waals surface area contributed by atoms with Crippen molar-refractivity contribution >= 4 is 16.9 Å². The fourth-order valence-corrected chi connectivity index (χ4v) is 3.00. The molecule has 1 N–H and O–H groups in total. The molecule has 7 heteroatoms. The SMILES string of the molecule is CCOC(=O)c1[nH]c2cc(OC)c(OC)cc2c1-c1ccc(OC)c(F)c1. The first-order chi connectivity index (χ1) is 13.0. The number of ether oxygens (including phenoxy) is 4. The van der Waals surface area contributed by atoms with E-state index in [0.717, 1.165) is 0 Å². The van der Waals surface area contributed by atoms with E-state index in [1.54, 1.807) is 25.1 Å². The molecular formula is C20H20FNO5. The number of aromatic nitrogens is 1. The zero-order valence-electron chi connectivity index (χ0n) is 15.5. The van der Waals surface area contributed by atoms with Gasteiger partial charge in [-0.15, -0.1) is 0 Å². The molecule has 2 aromatic carbocycles. The van der Waals surface area contributed by atoms with E-state index >= 15 is 0 Å². The summed E-state index contributed by atoms with van der Waals surface area (Å²) in [4.78, 5) is 15.5. The highest BCUT2D eigenvalue weighted by Gasteiger charge is 2.23. The van der Waals surface area contributed by atoms with E-state index in [4.69, 9.17) is 18.9 Å². The molecular weight excluding hydrogens is 353 g/mol. The van der Waals surface area contributed by atoms with Crippen LogP contribution in [-0.4, -0.2) is 38.9 Å². The lowest BCUT2D eigenvalue weighted by Crippen LogP contribution is -2.06. The third-order valence-corrected chi connectivity index (χ3v) is 4.22. The minimum Gasteiger partial charge on any atom is -0.494 e. The summed E-state index contributed by atoms with van der Waals surface area (Å²) in [6.07, 6.45) is 0. The number of rotatable bonds is 6. The Morgan fingerprint density at radius 3 is 2.26 bits per heavy atom. The summed E-state index contributed by atoms with van der Waals surface area (Å²) in [5, 5.41) is 0.681. The third kappa shape index (κ3) is 3.28. The Morgan fingerprint density at radius 2 is 1.67 bits per heavy atom. The second-order valence-electron chi connectivity index (χ2n) is 5.70. The molecule has 142 valence electrons. The van der Waals surface area contributed by atoms with Gasteiger partial charge in [-0.05, 0) is 30.7 Å². The summed E-state index contributed by atoms with van der Waals surface area (Å²) in [5.41, 5.74) is 1.90. The molecule has 0 aliphatic rings. The quantitative estimate of drug-likeness (QED) is 0.657. The van der Waals surface area contributed by atoms with Crippen LogP contribution in [0.2, 0.25) is 0 Å². The molecule has 0 aliphatic heterocycles. The molecule has 1 aromatic heterocycles. The summed E-state index contributed by atoms with van der Waals surface area (Å²) in [6, 6.07) is 7.98. The molecule has 0 saturated carbocycles. The van der Waals surface area contributed by atoms with Crippen LogP contribution in [0.4, 0.5) is 4.39 Å². The zero-order chi connectivity index (χ0) is 19.6. The maximum absolute atomic E-state index is 14.3. The molecule has 6 nitrogen and oxygen atoms in total. The predicted octanol–water partition coefficient (Wildman–Crippen LogP) is 4.18. The highest BCUT2D eigenvalue weighted by molar-refractivity contribution is 6.08. The monoisotopic (exact) mass is 373 g/mol. The standard InChI is InChI=1S/C20H20FNO5/c1-5-27-20(23)19-18(11-6-7-15(24-2)13(21)8-11)12-9-16(25-3)17(26-4)10-14(12)22-19/h6-10,22H,5H2,1-4H3. The number of nitrogens with one attached hydrogen (secondary N) is 1. The molecule has 27 heavy (non-hydrogen) atoms. The van der Waals surface area contributed by atoms with E-state index < -0.39 is 11.8 Å². The van der Waals surface area contributed by atoms with Crippen LogP contribution in [0, 0.1) is 5.82 Å². The summed E-state index contributed by atoms with van der Waals surface area (Å²) in [6.45, 7) is 1.94. The van der Waals surface area contributed by atoms with Crippen molar-refractivity contribution < 1.29 is 28.1 Å². The number of carbonyl (C=O) groups excluding carboxylic acids is 1. The van der Waals surface area contributed by atoms with Crippen molar-refractivity contribution in [1.82, 2.24) is 4.98 Å². The Balaban J connectivity index is 2.31. The van der Waals surface area contributed by atoms with Gasteiger partial charge in [-0.1, -0.05) is 6.07 Å². The fourth-order valence-electron chi connectivity index (χ4n) is 3.00. The lowest BCUT2D eigenvalue weighted by Gasteiger charge is -2.09. The Bertz CT molecular complexity index is 996. The molecule has 0 bridgehead atoms. The van der Waals surface area contributed by atoms with Gasteiger partial charge in [0.2, 0.25) is 0 Å². The van der Waals surface area contributed by atoms with Crippen LogP contribution >= 0.6 is 0 Å². The maximum Gasteiger partial charge on any atom is 0.355 e. The van der Waals surface area contributed by atoms with Gasteiger partial charge in [0.05, 0.1) is 33.5 Å². The largest absolute Gasteiger partial charge is 0.494 e. The number of fused-ring (bicyclic) bond motifs is 1. The molecule has 0 radical (unpaired) electrons. The van der Waals surface area contributed by atoms with Gasteiger partial charge in [0.15, 0.2) is 23.1 Å². The van der Waals surface area contributed by atoms with E-state index in [1.165, 1.54) is 33.5 Å². The van der Waals surface area contributed by atoms with Crippen LogP contribution in [0.1, 0.15) is 17.4 Å². The molecule has 1 heterocycles. The molecule has 0 fully saturated rings. The predicted molar refractivity (Wildman–Crippen MR) is 99.3 cm³/mol. The highest BCUT2D eigenvalue weighted by Crippen LogP contribution is 2.40. The van der Waals surface area contributed by atoms with Crippen LogP contribution in [0.25, 0.3) is 22.0 Å². The highest BCUT2D eigenvalue weighted by atomic mass is 19.1. The van der Waals surface area contributed by atoms with Crippen molar-refractivity contribution in [1.29, 1.82) is 0 Å². The lowest BCUT2D eigenvalue weighted by atomic mass is 10.0. The van der Waals surface area contributed by atoms with Gasteiger partial charge in [0, 0.05) is 17.0 Å². The lowest BCUT2D eigenvalue weighted by molar-refractivity contribution is 0.0521. The first kappa shape index (κ1) is 18.6. The number of hydrogen-bond acceptors (Lipinski definition) is 5. The van der Waals surface area contributed by atoms with Crippen molar-refractivity contribution in [3.8, 4) is 28.4 Å². The van der Waals surface area contributed by atoms with Crippen molar-refractivity contribution in [2.24, 2.45) is 0 Å². The number of H-pyrrole nitrogens is 1. The average molecular weight is 373 g/mol. The van der Waals surface area contributed by atoms with Crippen molar-refractivity contribution in [3.63, 3.8) is 0 Å². The van der Waals surface area contributed by atoms with Crippen LogP contribution in [0.5, 0.6) is 17.2 Å².